The predicted molar refractivity (Wildman–Crippen MR) is 131 cm³/mol. The maximum absolute atomic E-state index is 12.8. The van der Waals surface area contributed by atoms with E-state index in [9.17, 15) is 14.4 Å². The zero-order chi connectivity index (χ0) is 21.8. The zero-order valence-electron chi connectivity index (χ0n) is 16.2. The quantitative estimate of drug-likeness (QED) is 0.336. The van der Waals surface area contributed by atoms with E-state index in [2.05, 4.69) is 33.2 Å². The van der Waals surface area contributed by atoms with Gasteiger partial charge in [0.25, 0.3) is 0 Å². The van der Waals surface area contributed by atoms with Gasteiger partial charge in [0.15, 0.2) is 0 Å². The van der Waals surface area contributed by atoms with E-state index >= 15 is 0 Å². The molecule has 1 aliphatic rings. The van der Waals surface area contributed by atoms with Crippen molar-refractivity contribution < 1.29 is 14.4 Å². The van der Waals surface area contributed by atoms with E-state index in [1.807, 2.05) is 42.5 Å². The average Bonchev–Trinajstić information content (AvgIpc) is 3.04. The molecule has 0 aromatic heterocycles. The minimum atomic E-state index is -0.466. The Morgan fingerprint density at radius 2 is 1.48 bits per heavy atom. The van der Waals surface area contributed by atoms with Crippen LogP contribution in [0.3, 0.4) is 0 Å². The van der Waals surface area contributed by atoms with Gasteiger partial charge in [-0.1, -0.05) is 18.2 Å². The number of rotatable bonds is 5. The van der Waals surface area contributed by atoms with Crippen LogP contribution in [0.1, 0.15) is 6.42 Å². The van der Waals surface area contributed by atoms with Crippen molar-refractivity contribution in [3.05, 3.63) is 82.4 Å². The number of hydrogen-bond donors (Lipinski definition) is 2. The van der Waals surface area contributed by atoms with Gasteiger partial charge in [0, 0.05) is 26.3 Å². The average molecular weight is 543 g/mol. The first kappa shape index (κ1) is 21.4. The fraction of sp³-hybridized carbons (Fsp3) is 0.0870. The van der Waals surface area contributed by atoms with E-state index in [1.165, 1.54) is 16.7 Å². The SMILES string of the molecule is O=C(Nc1ccccc1)Nc1ccc(S[C@@H]2CC(=O)N(c3ccc(I)cc3)C2=O)cc1. The van der Waals surface area contributed by atoms with Crippen LogP contribution in [0.4, 0.5) is 21.9 Å². The van der Waals surface area contributed by atoms with Crippen molar-refractivity contribution in [1.29, 1.82) is 0 Å². The molecule has 1 aliphatic heterocycles. The molecule has 1 atom stereocenters. The molecule has 0 radical (unpaired) electrons. The van der Waals surface area contributed by atoms with Crippen molar-refractivity contribution in [3.8, 4) is 0 Å². The fourth-order valence-corrected chi connectivity index (χ4v) is 4.57. The number of carbonyl (C=O) groups excluding carboxylic acids is 3. The third-order valence-corrected chi connectivity index (χ3v) is 6.53. The Hall–Kier alpha value is -2.85. The molecular formula is C23H18IN3O3S. The monoisotopic (exact) mass is 543 g/mol. The number of urea groups is 1. The molecule has 1 heterocycles. The first-order valence-corrected chi connectivity index (χ1v) is 11.5. The van der Waals surface area contributed by atoms with Crippen molar-refractivity contribution in [2.24, 2.45) is 0 Å². The van der Waals surface area contributed by atoms with Gasteiger partial charge in [-0.3, -0.25) is 9.59 Å². The standard InChI is InChI=1S/C23H18IN3O3S/c24-15-6-10-18(11-7-15)27-21(28)14-20(22(27)29)31-19-12-8-17(9-13-19)26-23(30)25-16-4-2-1-3-5-16/h1-13,20H,14H2,(H2,25,26,30)/t20-/m1/s1. The molecule has 31 heavy (non-hydrogen) atoms. The molecule has 8 heteroatoms. The normalized spacial score (nSPS) is 15.8. The van der Waals surface area contributed by atoms with Crippen LogP contribution in [0.2, 0.25) is 0 Å². The molecule has 4 amide bonds. The van der Waals surface area contributed by atoms with E-state index in [-0.39, 0.29) is 24.3 Å². The van der Waals surface area contributed by atoms with Gasteiger partial charge in [0.2, 0.25) is 11.8 Å². The zero-order valence-corrected chi connectivity index (χ0v) is 19.2. The number of carbonyl (C=O) groups is 3. The highest BCUT2D eigenvalue weighted by atomic mass is 127. The van der Waals surface area contributed by atoms with Gasteiger partial charge < -0.3 is 10.6 Å². The molecule has 0 bridgehead atoms. The largest absolute Gasteiger partial charge is 0.323 e. The molecule has 156 valence electrons. The molecule has 2 N–H and O–H groups in total. The smallest absolute Gasteiger partial charge is 0.308 e. The lowest BCUT2D eigenvalue weighted by Gasteiger charge is -2.15. The van der Waals surface area contributed by atoms with Gasteiger partial charge in [0.05, 0.1) is 10.9 Å². The Bertz CT molecular complexity index is 1110. The van der Waals surface area contributed by atoms with Crippen molar-refractivity contribution in [1.82, 2.24) is 0 Å². The maximum Gasteiger partial charge on any atom is 0.323 e. The van der Waals surface area contributed by atoms with Crippen molar-refractivity contribution in [2.45, 2.75) is 16.6 Å². The van der Waals surface area contributed by atoms with E-state index < -0.39 is 5.25 Å². The van der Waals surface area contributed by atoms with Crippen LogP contribution in [0, 0.1) is 3.57 Å². The van der Waals surface area contributed by atoms with Crippen LogP contribution in [0.5, 0.6) is 0 Å². The third kappa shape index (κ3) is 5.26. The molecule has 0 aliphatic carbocycles. The number of halogens is 1. The van der Waals surface area contributed by atoms with E-state index in [4.69, 9.17) is 0 Å². The Balaban J connectivity index is 1.36. The van der Waals surface area contributed by atoms with Gasteiger partial charge in [-0.05, 0) is 83.3 Å². The van der Waals surface area contributed by atoms with Crippen molar-refractivity contribution >= 4 is 69.3 Å². The van der Waals surface area contributed by atoms with Gasteiger partial charge in [-0.25, -0.2) is 9.69 Å². The Morgan fingerprint density at radius 1 is 0.871 bits per heavy atom. The lowest BCUT2D eigenvalue weighted by atomic mass is 10.3. The highest BCUT2D eigenvalue weighted by Gasteiger charge is 2.40. The lowest BCUT2D eigenvalue weighted by Crippen LogP contribution is -2.31. The maximum atomic E-state index is 12.8. The molecule has 1 fully saturated rings. The van der Waals surface area contributed by atoms with Crippen LogP contribution in [0.15, 0.2) is 83.8 Å². The number of hydrogen-bond acceptors (Lipinski definition) is 4. The summed E-state index contributed by atoms with van der Waals surface area (Å²) in [5.74, 6) is -0.403. The summed E-state index contributed by atoms with van der Waals surface area (Å²) in [4.78, 5) is 39.5. The Labute approximate surface area is 197 Å². The second-order valence-corrected chi connectivity index (χ2v) is 9.35. The van der Waals surface area contributed by atoms with Crippen molar-refractivity contribution in [3.63, 3.8) is 0 Å². The summed E-state index contributed by atoms with van der Waals surface area (Å²) in [5, 5.41) is 5.06. The summed E-state index contributed by atoms with van der Waals surface area (Å²) in [6.45, 7) is 0. The second kappa shape index (κ2) is 9.52. The molecule has 6 nitrogen and oxygen atoms in total. The molecule has 3 aromatic carbocycles. The number of anilines is 3. The topological polar surface area (TPSA) is 78.5 Å². The highest BCUT2D eigenvalue weighted by molar-refractivity contribution is 14.1. The fourth-order valence-electron chi connectivity index (χ4n) is 3.15. The van der Waals surface area contributed by atoms with Crippen LogP contribution >= 0.6 is 34.4 Å². The summed E-state index contributed by atoms with van der Waals surface area (Å²) in [5.41, 5.74) is 1.93. The summed E-state index contributed by atoms with van der Waals surface area (Å²) >= 11 is 3.53. The Kier molecular flexibility index (Phi) is 6.57. The van der Waals surface area contributed by atoms with Gasteiger partial charge in [-0.2, -0.15) is 0 Å². The van der Waals surface area contributed by atoms with Crippen LogP contribution in [0.25, 0.3) is 0 Å². The highest BCUT2D eigenvalue weighted by Crippen LogP contribution is 2.34. The third-order valence-electron chi connectivity index (χ3n) is 4.61. The van der Waals surface area contributed by atoms with E-state index in [1.54, 1.807) is 36.4 Å². The summed E-state index contributed by atoms with van der Waals surface area (Å²) in [7, 11) is 0. The molecular weight excluding hydrogens is 525 g/mol. The lowest BCUT2D eigenvalue weighted by molar-refractivity contribution is -0.121. The molecule has 0 spiro atoms. The molecule has 1 saturated heterocycles. The van der Waals surface area contributed by atoms with Gasteiger partial charge in [0.1, 0.15) is 0 Å². The first-order valence-electron chi connectivity index (χ1n) is 9.52. The number of benzene rings is 3. The van der Waals surface area contributed by atoms with Crippen LogP contribution < -0.4 is 15.5 Å². The number of thioether (sulfide) groups is 1. The number of amides is 4. The first-order chi connectivity index (χ1) is 15.0. The molecule has 3 aromatic rings. The van der Waals surface area contributed by atoms with Crippen LogP contribution in [-0.2, 0) is 9.59 Å². The number of nitrogens with zero attached hydrogens (tertiary/aromatic N) is 1. The summed E-state index contributed by atoms with van der Waals surface area (Å²) in [6.07, 6.45) is 0.162. The molecule has 0 unspecified atom stereocenters. The van der Waals surface area contributed by atoms with Crippen LogP contribution in [-0.4, -0.2) is 23.1 Å². The predicted octanol–water partition coefficient (Wildman–Crippen LogP) is 5.36. The summed E-state index contributed by atoms with van der Waals surface area (Å²) < 4.78 is 1.04. The van der Waals surface area contributed by atoms with E-state index in [0.717, 1.165) is 8.47 Å². The van der Waals surface area contributed by atoms with E-state index in [0.29, 0.717) is 17.1 Å². The number of imide groups is 1. The number of nitrogens with one attached hydrogen (secondary N) is 2. The van der Waals surface area contributed by atoms with Crippen molar-refractivity contribution in [2.75, 3.05) is 15.5 Å². The number of para-hydroxylation sites is 1. The minimum Gasteiger partial charge on any atom is -0.308 e. The van der Waals surface area contributed by atoms with Gasteiger partial charge in [-0.15, -0.1) is 11.8 Å². The minimum absolute atomic E-state index is 0.162. The Morgan fingerprint density at radius 3 is 2.13 bits per heavy atom. The summed E-state index contributed by atoms with van der Waals surface area (Å²) in [6, 6.07) is 23.3. The molecule has 0 saturated carbocycles. The molecule has 4 rings (SSSR count). The second-order valence-electron chi connectivity index (χ2n) is 6.82. The van der Waals surface area contributed by atoms with Gasteiger partial charge >= 0.3 is 6.03 Å².